The van der Waals surface area contributed by atoms with Gasteiger partial charge >= 0.3 is 11.5 Å². The number of urea groups is 1. The Hall–Kier alpha value is -3.24. The second kappa shape index (κ2) is 8.21. The normalized spacial score (nSPS) is 16.8. The average Bonchev–Trinajstić information content (AvgIpc) is 2.87. The van der Waals surface area contributed by atoms with Crippen LogP contribution in [0.5, 0.6) is 0 Å². The number of carbonyl (C=O) groups excluding carboxylic acids is 2. The molecule has 1 fully saturated rings. The topological polar surface area (TPSA) is 160 Å². The van der Waals surface area contributed by atoms with Gasteiger partial charge in [0.05, 0.1) is 29.0 Å². The Balaban J connectivity index is 1.95. The van der Waals surface area contributed by atoms with Gasteiger partial charge in [0.2, 0.25) is 0 Å². The highest BCUT2D eigenvalue weighted by molar-refractivity contribution is 7.92. The van der Waals surface area contributed by atoms with Gasteiger partial charge in [-0.1, -0.05) is 0 Å². The maximum Gasteiger partial charge on any atom is 0.501 e. The molecular weight excluding hydrogens is 503 g/mol. The predicted octanol–water partition coefficient (Wildman–Crippen LogP) is 1.74. The molecule has 16 heteroatoms. The molecule has 0 bridgehead atoms. The Bertz CT molecular complexity index is 1360. The molecule has 2 aromatic rings. The third-order valence-electron chi connectivity index (χ3n) is 5.03. The molecule has 0 aliphatic carbocycles. The number of anilines is 2. The number of imide groups is 1. The summed E-state index contributed by atoms with van der Waals surface area (Å²) in [4.78, 5) is 30.7. The van der Waals surface area contributed by atoms with Crippen LogP contribution >= 0.6 is 0 Å². The van der Waals surface area contributed by atoms with Crippen molar-refractivity contribution in [1.82, 2.24) is 9.88 Å². The lowest BCUT2D eigenvalue weighted by atomic mass is 10.0. The van der Waals surface area contributed by atoms with Crippen LogP contribution in [0.1, 0.15) is 19.4 Å². The highest BCUT2D eigenvalue weighted by Gasteiger charge is 2.52. The van der Waals surface area contributed by atoms with Crippen LogP contribution in [0, 0.1) is 0 Å². The van der Waals surface area contributed by atoms with Crippen LogP contribution in [-0.2, 0) is 31.4 Å². The first-order valence-corrected chi connectivity index (χ1v) is 12.3. The van der Waals surface area contributed by atoms with E-state index in [2.05, 4.69) is 9.71 Å². The minimum Gasteiger partial charge on any atom is -0.305 e. The molecule has 1 aliphatic heterocycles. The fourth-order valence-electron chi connectivity index (χ4n) is 3.21. The fourth-order valence-corrected chi connectivity index (χ4v) is 4.47. The number of benzene rings is 1. The Morgan fingerprint density at radius 2 is 1.65 bits per heavy atom. The molecule has 0 atom stereocenters. The highest BCUT2D eigenvalue weighted by atomic mass is 32.2. The summed E-state index contributed by atoms with van der Waals surface area (Å²) < 4.78 is 86.3. The number of nitrogens with two attached hydrogens (primary N) is 1. The third-order valence-corrected chi connectivity index (χ3v) is 7.03. The monoisotopic (exact) mass is 521 g/mol. The van der Waals surface area contributed by atoms with Gasteiger partial charge in [0.25, 0.3) is 26.0 Å². The van der Waals surface area contributed by atoms with E-state index < -0.39 is 47.9 Å². The van der Waals surface area contributed by atoms with Crippen molar-refractivity contribution in [3.63, 3.8) is 0 Å². The van der Waals surface area contributed by atoms with Gasteiger partial charge in [0.15, 0.2) is 0 Å². The molecule has 0 saturated carbocycles. The van der Waals surface area contributed by atoms with Crippen molar-refractivity contribution in [2.45, 2.75) is 36.3 Å². The number of halogens is 3. The van der Waals surface area contributed by atoms with E-state index in [4.69, 9.17) is 5.14 Å². The van der Waals surface area contributed by atoms with E-state index in [1.165, 1.54) is 26.1 Å². The van der Waals surface area contributed by atoms with Gasteiger partial charge in [-0.2, -0.15) is 21.6 Å². The first-order valence-electron chi connectivity index (χ1n) is 9.28. The molecule has 1 aromatic carbocycles. The summed E-state index contributed by atoms with van der Waals surface area (Å²) in [5, 5.41) is 4.99. The third kappa shape index (κ3) is 4.55. The zero-order valence-corrected chi connectivity index (χ0v) is 19.2. The lowest BCUT2D eigenvalue weighted by Gasteiger charge is -2.28. The summed E-state index contributed by atoms with van der Waals surface area (Å²) in [5.41, 5.74) is -6.88. The van der Waals surface area contributed by atoms with E-state index in [9.17, 15) is 39.6 Å². The number of aromatic nitrogens is 1. The van der Waals surface area contributed by atoms with Gasteiger partial charge in [0, 0.05) is 6.20 Å². The van der Waals surface area contributed by atoms with Crippen LogP contribution in [-0.4, -0.2) is 49.7 Å². The zero-order valence-electron chi connectivity index (χ0n) is 17.6. The van der Waals surface area contributed by atoms with Crippen LogP contribution in [0.2, 0.25) is 0 Å². The van der Waals surface area contributed by atoms with Crippen molar-refractivity contribution < 1.29 is 39.6 Å². The van der Waals surface area contributed by atoms with Gasteiger partial charge in [-0.15, -0.1) is 0 Å². The number of carbonyl (C=O) groups is 2. The van der Waals surface area contributed by atoms with Crippen LogP contribution in [0.3, 0.4) is 0 Å². The quantitative estimate of drug-likeness (QED) is 0.548. The van der Waals surface area contributed by atoms with E-state index in [-0.39, 0.29) is 23.5 Å². The maximum absolute atomic E-state index is 13.1. The van der Waals surface area contributed by atoms with Gasteiger partial charge in [0.1, 0.15) is 5.54 Å². The smallest absolute Gasteiger partial charge is 0.305 e. The molecule has 2 heterocycles. The van der Waals surface area contributed by atoms with Crippen LogP contribution < -0.4 is 14.8 Å². The molecule has 184 valence electrons. The maximum atomic E-state index is 13.1. The second-order valence-electron chi connectivity index (χ2n) is 7.69. The number of hydrogen-bond donors (Lipinski definition) is 2. The molecular formula is C18H18F3N5O6S2. The Labute approximate surface area is 192 Å². The number of sulfone groups is 1. The summed E-state index contributed by atoms with van der Waals surface area (Å²) in [6.07, 6.45) is 2.49. The number of hydrogen-bond acceptors (Lipinski definition) is 7. The number of rotatable bonds is 6. The molecule has 1 saturated heterocycles. The Kier molecular flexibility index (Phi) is 6.13. The lowest BCUT2D eigenvalue weighted by Crippen LogP contribution is -2.43. The Morgan fingerprint density at radius 3 is 2.18 bits per heavy atom. The van der Waals surface area contributed by atoms with Crippen molar-refractivity contribution >= 4 is 43.4 Å². The van der Waals surface area contributed by atoms with Crippen molar-refractivity contribution in [3.05, 3.63) is 48.3 Å². The molecule has 3 N–H and O–H groups in total. The van der Waals surface area contributed by atoms with Crippen molar-refractivity contribution in [1.29, 1.82) is 0 Å². The standard InChI is InChI=1S/C18H18F3N5O6S2/c1-17(2)15(27)26(12-3-5-13(6-4-12)33(29,30)18(19,20)21)16(28)25(17)10-11-7-8-23-9-14(11)24-34(22,31)32/h3-9,24H,10H2,1-2H3,(H2,22,31,32). The van der Waals surface area contributed by atoms with Crippen LogP contribution in [0.4, 0.5) is 29.3 Å². The summed E-state index contributed by atoms with van der Waals surface area (Å²) in [5.74, 6) is -0.737. The van der Waals surface area contributed by atoms with Crippen molar-refractivity contribution in [3.8, 4) is 0 Å². The van der Waals surface area contributed by atoms with Crippen LogP contribution in [0.25, 0.3) is 0 Å². The molecule has 0 unspecified atom stereocenters. The average molecular weight is 521 g/mol. The minimum absolute atomic E-state index is 0.0267. The fraction of sp³-hybridized carbons (Fsp3) is 0.278. The summed E-state index contributed by atoms with van der Waals surface area (Å²) >= 11 is 0. The molecule has 11 nitrogen and oxygen atoms in total. The number of nitrogens with one attached hydrogen (secondary N) is 1. The molecule has 1 aromatic heterocycles. The summed E-state index contributed by atoms with van der Waals surface area (Å²) in [7, 11) is -9.78. The van der Waals surface area contributed by atoms with Crippen molar-refractivity contribution in [2.24, 2.45) is 5.14 Å². The molecule has 34 heavy (non-hydrogen) atoms. The molecule has 3 amide bonds. The molecule has 1 aliphatic rings. The summed E-state index contributed by atoms with van der Waals surface area (Å²) in [6.45, 7) is 2.59. The van der Waals surface area contributed by atoms with Gasteiger partial charge in [-0.25, -0.2) is 23.3 Å². The Morgan fingerprint density at radius 1 is 1.06 bits per heavy atom. The van der Waals surface area contributed by atoms with E-state index in [1.807, 2.05) is 0 Å². The second-order valence-corrected chi connectivity index (χ2v) is 10.9. The van der Waals surface area contributed by atoms with E-state index >= 15 is 0 Å². The predicted molar refractivity (Wildman–Crippen MR) is 113 cm³/mol. The van der Waals surface area contributed by atoms with Crippen molar-refractivity contribution in [2.75, 3.05) is 9.62 Å². The SMILES string of the molecule is CC1(C)C(=O)N(c2ccc(S(=O)(=O)C(F)(F)F)cc2)C(=O)N1Cc1ccncc1NS(N)(=O)=O. The van der Waals surface area contributed by atoms with E-state index in [1.54, 1.807) is 0 Å². The summed E-state index contributed by atoms with van der Waals surface area (Å²) in [6, 6.07) is 3.65. The van der Waals surface area contributed by atoms with Gasteiger partial charge < -0.3 is 4.90 Å². The lowest BCUT2D eigenvalue weighted by molar-refractivity contribution is -0.123. The molecule has 3 rings (SSSR count). The van der Waals surface area contributed by atoms with Gasteiger partial charge in [-0.05, 0) is 49.7 Å². The first kappa shape index (κ1) is 25.4. The highest BCUT2D eigenvalue weighted by Crippen LogP contribution is 2.36. The zero-order chi connectivity index (χ0) is 25.7. The van der Waals surface area contributed by atoms with Gasteiger partial charge in [-0.3, -0.25) is 14.5 Å². The van der Waals surface area contributed by atoms with Crippen LogP contribution in [0.15, 0.2) is 47.6 Å². The number of nitrogens with zero attached hydrogens (tertiary/aromatic N) is 3. The minimum atomic E-state index is -5.61. The number of pyridine rings is 1. The van der Waals surface area contributed by atoms with E-state index in [0.717, 1.165) is 23.2 Å². The first-order chi connectivity index (χ1) is 15.5. The molecule has 0 radical (unpaired) electrons. The largest absolute Gasteiger partial charge is 0.501 e. The molecule has 0 spiro atoms. The number of amides is 3. The number of alkyl halides is 3. The van der Waals surface area contributed by atoms with E-state index in [0.29, 0.717) is 17.0 Å².